The number of allylic oxidation sites excluding steroid dienone is 3. The minimum absolute atomic E-state index is 0.150. The van der Waals surface area contributed by atoms with Gasteiger partial charge in [0.15, 0.2) is 5.78 Å². The lowest BCUT2D eigenvalue weighted by atomic mass is 9.94. The summed E-state index contributed by atoms with van der Waals surface area (Å²) in [4.78, 5) is 22.6. The monoisotopic (exact) mass is 180 g/mol. The van der Waals surface area contributed by atoms with E-state index in [-0.39, 0.29) is 17.3 Å². The summed E-state index contributed by atoms with van der Waals surface area (Å²) in [5.74, 6) is -0.908. The van der Waals surface area contributed by atoms with Crippen LogP contribution in [0.5, 0.6) is 0 Å². The van der Waals surface area contributed by atoms with Gasteiger partial charge in [0.25, 0.3) is 0 Å². The van der Waals surface area contributed by atoms with E-state index in [2.05, 4.69) is 0 Å². The molecule has 0 radical (unpaired) electrons. The topological polar surface area (TPSA) is 43.4 Å². The molecule has 0 bridgehead atoms. The highest BCUT2D eigenvalue weighted by atomic mass is 16.5. The minimum atomic E-state index is -0.524. The number of ketones is 1. The number of esters is 1. The Balaban J connectivity index is 2.79. The van der Waals surface area contributed by atoms with Crippen molar-refractivity contribution < 1.29 is 14.3 Å². The van der Waals surface area contributed by atoms with Crippen LogP contribution in [0.2, 0.25) is 0 Å². The zero-order valence-corrected chi connectivity index (χ0v) is 7.74. The Morgan fingerprint density at radius 3 is 2.92 bits per heavy atom. The maximum Gasteiger partial charge on any atom is 0.341 e. The highest BCUT2D eigenvalue weighted by Crippen LogP contribution is 2.14. The van der Waals surface area contributed by atoms with Gasteiger partial charge < -0.3 is 4.74 Å². The summed E-state index contributed by atoms with van der Waals surface area (Å²) in [6.07, 6.45) is 4.96. The molecule has 1 unspecified atom stereocenters. The van der Waals surface area contributed by atoms with Gasteiger partial charge in [0, 0.05) is 5.92 Å². The molecule has 1 atom stereocenters. The Morgan fingerprint density at radius 1 is 1.62 bits per heavy atom. The average Bonchev–Trinajstić information content (AvgIpc) is 2.10. The fraction of sp³-hybridized carbons (Fsp3) is 0.400. The van der Waals surface area contributed by atoms with E-state index < -0.39 is 5.97 Å². The Bertz CT molecular complexity index is 287. The first-order chi connectivity index (χ1) is 6.16. The lowest BCUT2D eigenvalue weighted by Gasteiger charge is -2.11. The Labute approximate surface area is 77.1 Å². The van der Waals surface area contributed by atoms with Gasteiger partial charge in [0.2, 0.25) is 0 Å². The van der Waals surface area contributed by atoms with Crippen molar-refractivity contribution in [1.82, 2.24) is 0 Å². The van der Waals surface area contributed by atoms with Crippen LogP contribution in [0.25, 0.3) is 0 Å². The van der Waals surface area contributed by atoms with Crippen molar-refractivity contribution in [2.45, 2.75) is 13.8 Å². The molecule has 1 aliphatic carbocycles. The second-order valence-corrected chi connectivity index (χ2v) is 2.84. The molecule has 3 heteroatoms. The first-order valence-corrected chi connectivity index (χ1v) is 4.26. The van der Waals surface area contributed by atoms with Crippen molar-refractivity contribution in [1.29, 1.82) is 0 Å². The van der Waals surface area contributed by atoms with Gasteiger partial charge in [-0.3, -0.25) is 4.79 Å². The van der Waals surface area contributed by atoms with Crippen molar-refractivity contribution in [3.05, 3.63) is 23.8 Å². The minimum Gasteiger partial charge on any atom is -0.462 e. The lowest BCUT2D eigenvalue weighted by Crippen LogP contribution is -2.22. The summed E-state index contributed by atoms with van der Waals surface area (Å²) in [5.41, 5.74) is 0.150. The van der Waals surface area contributed by atoms with Crippen LogP contribution in [0.4, 0.5) is 0 Å². The van der Waals surface area contributed by atoms with E-state index in [4.69, 9.17) is 4.74 Å². The molecule has 0 aliphatic heterocycles. The Kier molecular flexibility index (Phi) is 3.01. The summed E-state index contributed by atoms with van der Waals surface area (Å²) in [7, 11) is 0. The summed E-state index contributed by atoms with van der Waals surface area (Å²) < 4.78 is 4.74. The smallest absolute Gasteiger partial charge is 0.341 e. The number of rotatable bonds is 2. The van der Waals surface area contributed by atoms with Crippen molar-refractivity contribution in [2.24, 2.45) is 5.92 Å². The Hall–Kier alpha value is -1.38. The summed E-state index contributed by atoms with van der Waals surface area (Å²) in [6.45, 7) is 3.76. The average molecular weight is 180 g/mol. The van der Waals surface area contributed by atoms with Crippen LogP contribution in [0, 0.1) is 5.92 Å². The van der Waals surface area contributed by atoms with Gasteiger partial charge in [0.1, 0.15) is 5.57 Å². The first kappa shape index (κ1) is 9.71. The van der Waals surface area contributed by atoms with Crippen molar-refractivity contribution in [3.63, 3.8) is 0 Å². The highest BCUT2D eigenvalue weighted by Gasteiger charge is 2.24. The lowest BCUT2D eigenvalue weighted by molar-refractivity contribution is -0.140. The third-order valence-electron chi connectivity index (χ3n) is 1.84. The van der Waals surface area contributed by atoms with Crippen LogP contribution < -0.4 is 0 Å². The number of Topliss-reactive ketones (excluding diaryl/α,β-unsaturated/α-hetero) is 1. The van der Waals surface area contributed by atoms with E-state index in [0.717, 1.165) is 0 Å². The summed E-state index contributed by atoms with van der Waals surface area (Å²) in [6, 6.07) is 0. The standard InChI is InChI=1S/C10H12O3/c1-3-13-10(12)8-6-4-5-7(2)9(8)11/h4-7H,3H2,1-2H3. The number of carbonyl (C=O) groups excluding carboxylic acids is 2. The summed E-state index contributed by atoms with van der Waals surface area (Å²) in [5, 5.41) is 0. The maximum atomic E-state index is 11.4. The van der Waals surface area contributed by atoms with Crippen LogP contribution in [-0.4, -0.2) is 18.4 Å². The van der Waals surface area contributed by atoms with Crippen molar-refractivity contribution in [2.75, 3.05) is 6.61 Å². The number of hydrogen-bond donors (Lipinski definition) is 0. The fourth-order valence-electron chi connectivity index (χ4n) is 1.11. The molecule has 13 heavy (non-hydrogen) atoms. The van der Waals surface area contributed by atoms with Crippen LogP contribution >= 0.6 is 0 Å². The van der Waals surface area contributed by atoms with Gasteiger partial charge in [-0.2, -0.15) is 0 Å². The highest BCUT2D eigenvalue weighted by molar-refractivity contribution is 6.19. The second kappa shape index (κ2) is 4.03. The third kappa shape index (κ3) is 2.05. The van der Waals surface area contributed by atoms with Crippen LogP contribution in [0.3, 0.4) is 0 Å². The molecule has 3 nitrogen and oxygen atoms in total. The number of carbonyl (C=O) groups is 2. The zero-order valence-electron chi connectivity index (χ0n) is 7.74. The van der Waals surface area contributed by atoms with E-state index in [1.165, 1.54) is 6.08 Å². The number of hydrogen-bond acceptors (Lipinski definition) is 3. The molecule has 1 rings (SSSR count). The molecule has 0 aromatic heterocycles. The molecule has 0 fully saturated rings. The molecular weight excluding hydrogens is 168 g/mol. The van der Waals surface area contributed by atoms with Crippen LogP contribution in [-0.2, 0) is 14.3 Å². The molecule has 0 aromatic rings. The van der Waals surface area contributed by atoms with E-state index in [1.54, 1.807) is 26.0 Å². The first-order valence-electron chi connectivity index (χ1n) is 4.26. The van der Waals surface area contributed by atoms with Gasteiger partial charge >= 0.3 is 5.97 Å². The van der Waals surface area contributed by atoms with Crippen LogP contribution in [0.15, 0.2) is 23.8 Å². The van der Waals surface area contributed by atoms with Gasteiger partial charge in [-0.25, -0.2) is 4.79 Å². The molecule has 0 N–H and O–H groups in total. The molecule has 70 valence electrons. The van der Waals surface area contributed by atoms with E-state index in [9.17, 15) is 9.59 Å². The van der Waals surface area contributed by atoms with Crippen LogP contribution in [0.1, 0.15) is 13.8 Å². The van der Waals surface area contributed by atoms with E-state index >= 15 is 0 Å². The zero-order chi connectivity index (χ0) is 9.84. The number of ether oxygens (including phenoxy) is 1. The third-order valence-corrected chi connectivity index (χ3v) is 1.84. The van der Waals surface area contributed by atoms with E-state index in [1.807, 2.05) is 0 Å². The summed E-state index contributed by atoms with van der Waals surface area (Å²) >= 11 is 0. The largest absolute Gasteiger partial charge is 0.462 e. The molecular formula is C10H12O3. The molecule has 0 spiro atoms. The normalized spacial score (nSPS) is 21.2. The van der Waals surface area contributed by atoms with Gasteiger partial charge in [-0.1, -0.05) is 19.1 Å². The quantitative estimate of drug-likeness (QED) is 0.474. The second-order valence-electron chi connectivity index (χ2n) is 2.84. The van der Waals surface area contributed by atoms with Gasteiger partial charge in [0.05, 0.1) is 6.61 Å². The van der Waals surface area contributed by atoms with Gasteiger partial charge in [-0.05, 0) is 13.0 Å². The van der Waals surface area contributed by atoms with Crippen molar-refractivity contribution in [3.8, 4) is 0 Å². The molecule has 0 amide bonds. The molecule has 0 saturated carbocycles. The predicted octanol–water partition coefficient (Wildman–Crippen LogP) is 1.25. The molecule has 1 aliphatic rings. The fourth-order valence-corrected chi connectivity index (χ4v) is 1.11. The molecule has 0 heterocycles. The SMILES string of the molecule is CCOC(=O)C1=CC=CC(C)C1=O. The molecule has 0 saturated heterocycles. The maximum absolute atomic E-state index is 11.4. The van der Waals surface area contributed by atoms with Crippen molar-refractivity contribution >= 4 is 11.8 Å². The predicted molar refractivity (Wildman–Crippen MR) is 48.0 cm³/mol. The van der Waals surface area contributed by atoms with Gasteiger partial charge in [-0.15, -0.1) is 0 Å². The Morgan fingerprint density at radius 2 is 2.31 bits per heavy atom. The molecule has 0 aromatic carbocycles. The van der Waals surface area contributed by atoms with E-state index in [0.29, 0.717) is 6.61 Å².